The van der Waals surface area contributed by atoms with Crippen molar-refractivity contribution in [2.45, 2.75) is 6.54 Å². The van der Waals surface area contributed by atoms with E-state index in [-0.39, 0.29) is 17.5 Å². The lowest BCUT2D eigenvalue weighted by Gasteiger charge is -2.34. The number of hydrogen-bond donors (Lipinski definition) is 1. The minimum absolute atomic E-state index is 0.0623. The first-order valence-corrected chi connectivity index (χ1v) is 9.46. The summed E-state index contributed by atoms with van der Waals surface area (Å²) in [5.41, 5.74) is 2.01. The Hall–Kier alpha value is -2.77. The lowest BCUT2D eigenvalue weighted by Crippen LogP contribution is -2.48. The van der Waals surface area contributed by atoms with Gasteiger partial charge in [-0.1, -0.05) is 30.3 Å². The van der Waals surface area contributed by atoms with Crippen LogP contribution in [0.15, 0.2) is 48.7 Å². The van der Waals surface area contributed by atoms with Crippen LogP contribution in [0.2, 0.25) is 0 Å². The first-order valence-electron chi connectivity index (χ1n) is 9.46. The van der Waals surface area contributed by atoms with Crippen molar-refractivity contribution in [2.75, 3.05) is 46.4 Å². The van der Waals surface area contributed by atoms with E-state index < -0.39 is 0 Å². The SMILES string of the molecule is COCCNC(=O)c1cc(C(=O)N2CCN(Cc3ccccc3)CC2)ccn1. The number of rotatable bonds is 7. The molecule has 7 heteroatoms. The minimum atomic E-state index is -0.306. The molecule has 0 bridgehead atoms. The average molecular weight is 382 g/mol. The van der Waals surface area contributed by atoms with E-state index in [1.54, 1.807) is 19.2 Å². The Morgan fingerprint density at radius 2 is 1.86 bits per heavy atom. The molecular weight excluding hydrogens is 356 g/mol. The standard InChI is InChI=1S/C21H26N4O3/c1-28-14-9-23-20(26)19-15-18(7-8-22-19)21(27)25-12-10-24(11-13-25)16-17-5-3-2-4-6-17/h2-8,15H,9-14,16H2,1H3,(H,23,26). The van der Waals surface area contributed by atoms with Gasteiger partial charge in [-0.25, -0.2) is 0 Å². The van der Waals surface area contributed by atoms with Crippen molar-refractivity contribution in [3.05, 3.63) is 65.5 Å². The van der Waals surface area contributed by atoms with Crippen molar-refractivity contribution in [1.29, 1.82) is 0 Å². The number of carbonyl (C=O) groups excluding carboxylic acids is 2. The monoisotopic (exact) mass is 382 g/mol. The molecule has 7 nitrogen and oxygen atoms in total. The molecule has 2 amide bonds. The van der Waals surface area contributed by atoms with Crippen molar-refractivity contribution in [1.82, 2.24) is 20.1 Å². The average Bonchev–Trinajstić information content (AvgIpc) is 2.75. The number of nitrogens with one attached hydrogen (secondary N) is 1. The molecule has 1 aromatic carbocycles. The first-order chi connectivity index (χ1) is 13.7. The Bertz CT molecular complexity index is 789. The van der Waals surface area contributed by atoms with Crippen LogP contribution in [0.4, 0.5) is 0 Å². The molecule has 0 unspecified atom stereocenters. The van der Waals surface area contributed by atoms with Gasteiger partial charge in [0.2, 0.25) is 0 Å². The molecule has 1 N–H and O–H groups in total. The van der Waals surface area contributed by atoms with Gasteiger partial charge in [0.05, 0.1) is 6.61 Å². The molecule has 1 fully saturated rings. The molecule has 1 aliphatic heterocycles. The molecule has 0 spiro atoms. The molecule has 0 radical (unpaired) electrons. The molecule has 1 aromatic heterocycles. The van der Waals surface area contributed by atoms with Gasteiger partial charge in [-0.05, 0) is 17.7 Å². The fourth-order valence-electron chi connectivity index (χ4n) is 3.18. The van der Waals surface area contributed by atoms with Crippen molar-refractivity contribution in [3.63, 3.8) is 0 Å². The van der Waals surface area contributed by atoms with E-state index in [0.717, 1.165) is 19.6 Å². The zero-order chi connectivity index (χ0) is 19.8. The fourth-order valence-corrected chi connectivity index (χ4v) is 3.18. The first kappa shape index (κ1) is 20.0. The number of amides is 2. The van der Waals surface area contributed by atoms with E-state index in [4.69, 9.17) is 4.74 Å². The summed E-state index contributed by atoms with van der Waals surface area (Å²) in [7, 11) is 1.57. The van der Waals surface area contributed by atoms with E-state index in [1.807, 2.05) is 23.1 Å². The number of benzene rings is 1. The normalized spacial score (nSPS) is 14.7. The molecular formula is C21H26N4O3. The number of pyridine rings is 1. The van der Waals surface area contributed by atoms with Crippen molar-refractivity contribution in [2.24, 2.45) is 0 Å². The number of carbonyl (C=O) groups is 2. The summed E-state index contributed by atoms with van der Waals surface area (Å²) in [6.45, 7) is 4.72. The summed E-state index contributed by atoms with van der Waals surface area (Å²) in [6.07, 6.45) is 1.50. The summed E-state index contributed by atoms with van der Waals surface area (Å²) < 4.78 is 4.92. The predicted octanol–water partition coefficient (Wildman–Crippen LogP) is 1.42. The van der Waals surface area contributed by atoms with Crippen LogP contribution < -0.4 is 5.32 Å². The lowest BCUT2D eigenvalue weighted by atomic mass is 10.1. The second-order valence-corrected chi connectivity index (χ2v) is 6.73. The largest absolute Gasteiger partial charge is 0.383 e. The van der Waals surface area contributed by atoms with Crippen LogP contribution in [-0.2, 0) is 11.3 Å². The maximum absolute atomic E-state index is 12.8. The number of hydrogen-bond acceptors (Lipinski definition) is 5. The molecule has 1 saturated heterocycles. The third-order valence-electron chi connectivity index (χ3n) is 4.74. The van der Waals surface area contributed by atoms with Gasteiger partial charge < -0.3 is 15.0 Å². The van der Waals surface area contributed by atoms with Gasteiger partial charge in [0.15, 0.2) is 0 Å². The maximum Gasteiger partial charge on any atom is 0.269 e. The van der Waals surface area contributed by atoms with E-state index in [9.17, 15) is 9.59 Å². The summed E-state index contributed by atoms with van der Waals surface area (Å²) in [4.78, 5) is 33.2. The summed E-state index contributed by atoms with van der Waals surface area (Å²) >= 11 is 0. The molecule has 148 valence electrons. The van der Waals surface area contributed by atoms with Crippen molar-refractivity contribution in [3.8, 4) is 0 Å². The van der Waals surface area contributed by atoms with Crippen LogP contribution in [0, 0.1) is 0 Å². The molecule has 28 heavy (non-hydrogen) atoms. The highest BCUT2D eigenvalue weighted by Gasteiger charge is 2.23. The molecule has 2 heterocycles. The number of aromatic nitrogens is 1. The van der Waals surface area contributed by atoms with E-state index in [0.29, 0.717) is 31.8 Å². The topological polar surface area (TPSA) is 74.8 Å². The third-order valence-corrected chi connectivity index (χ3v) is 4.74. The Morgan fingerprint density at radius 1 is 1.11 bits per heavy atom. The van der Waals surface area contributed by atoms with Crippen LogP contribution in [0.5, 0.6) is 0 Å². The van der Waals surface area contributed by atoms with Gasteiger partial charge >= 0.3 is 0 Å². The van der Waals surface area contributed by atoms with Gasteiger partial charge in [-0.2, -0.15) is 0 Å². The number of ether oxygens (including phenoxy) is 1. The van der Waals surface area contributed by atoms with Crippen LogP contribution in [-0.4, -0.2) is 73.0 Å². The maximum atomic E-state index is 12.8. The predicted molar refractivity (Wildman–Crippen MR) is 106 cm³/mol. The van der Waals surface area contributed by atoms with E-state index >= 15 is 0 Å². The Labute approximate surface area is 165 Å². The van der Waals surface area contributed by atoms with Crippen LogP contribution in [0.3, 0.4) is 0 Å². The molecule has 0 saturated carbocycles. The van der Waals surface area contributed by atoms with Crippen LogP contribution >= 0.6 is 0 Å². The Kier molecular flexibility index (Phi) is 7.11. The lowest BCUT2D eigenvalue weighted by molar-refractivity contribution is 0.0628. The van der Waals surface area contributed by atoms with E-state index in [2.05, 4.69) is 27.3 Å². The van der Waals surface area contributed by atoms with Gasteiger partial charge in [-0.15, -0.1) is 0 Å². The number of piperazine rings is 1. The van der Waals surface area contributed by atoms with Gasteiger partial charge in [0.1, 0.15) is 5.69 Å². The summed E-state index contributed by atoms with van der Waals surface area (Å²) in [6, 6.07) is 13.6. The quantitative estimate of drug-likeness (QED) is 0.733. The fraction of sp³-hybridized carbons (Fsp3) is 0.381. The van der Waals surface area contributed by atoms with Gasteiger partial charge in [0, 0.05) is 58.1 Å². The van der Waals surface area contributed by atoms with Gasteiger partial charge in [-0.3, -0.25) is 19.5 Å². The highest BCUT2D eigenvalue weighted by molar-refractivity contribution is 5.98. The van der Waals surface area contributed by atoms with Crippen LogP contribution in [0.1, 0.15) is 26.4 Å². The Balaban J connectivity index is 1.55. The molecule has 1 aliphatic rings. The second kappa shape index (κ2) is 9.96. The minimum Gasteiger partial charge on any atom is -0.383 e. The highest BCUT2D eigenvalue weighted by atomic mass is 16.5. The molecule has 2 aromatic rings. The molecule has 3 rings (SSSR count). The summed E-state index contributed by atoms with van der Waals surface area (Å²) in [5, 5.41) is 2.72. The number of methoxy groups -OCH3 is 1. The van der Waals surface area contributed by atoms with Gasteiger partial charge in [0.25, 0.3) is 11.8 Å². The Morgan fingerprint density at radius 3 is 2.57 bits per heavy atom. The summed E-state index contributed by atoms with van der Waals surface area (Å²) in [5.74, 6) is -0.368. The molecule has 0 aliphatic carbocycles. The smallest absolute Gasteiger partial charge is 0.269 e. The second-order valence-electron chi connectivity index (χ2n) is 6.73. The zero-order valence-corrected chi connectivity index (χ0v) is 16.1. The number of nitrogens with zero attached hydrogens (tertiary/aromatic N) is 3. The zero-order valence-electron chi connectivity index (χ0n) is 16.1. The van der Waals surface area contributed by atoms with Crippen molar-refractivity contribution >= 4 is 11.8 Å². The van der Waals surface area contributed by atoms with E-state index in [1.165, 1.54) is 11.8 Å². The van der Waals surface area contributed by atoms with Crippen LogP contribution in [0.25, 0.3) is 0 Å². The van der Waals surface area contributed by atoms with Crippen molar-refractivity contribution < 1.29 is 14.3 Å². The highest BCUT2D eigenvalue weighted by Crippen LogP contribution is 2.12. The third kappa shape index (κ3) is 5.37. The molecule has 0 atom stereocenters.